The number of nitrogens with zero attached hydrogens (tertiary/aromatic N) is 1. The summed E-state index contributed by atoms with van der Waals surface area (Å²) in [4.78, 5) is 28.4. The van der Waals surface area contributed by atoms with Crippen LogP contribution in [0, 0.1) is 5.92 Å². The summed E-state index contributed by atoms with van der Waals surface area (Å²) in [5.74, 6) is 1.48. The van der Waals surface area contributed by atoms with Gasteiger partial charge in [0, 0.05) is 16.8 Å². The van der Waals surface area contributed by atoms with E-state index in [4.69, 9.17) is 5.11 Å². The second kappa shape index (κ2) is 8.37. The van der Waals surface area contributed by atoms with Crippen molar-refractivity contribution in [3.63, 3.8) is 0 Å². The van der Waals surface area contributed by atoms with Crippen molar-refractivity contribution in [1.29, 1.82) is 0 Å². The summed E-state index contributed by atoms with van der Waals surface area (Å²) in [7, 11) is 0. The highest BCUT2D eigenvalue weighted by molar-refractivity contribution is 7.99. The lowest BCUT2D eigenvalue weighted by Crippen LogP contribution is -2.54. The molecule has 3 N–H and O–H groups in total. The van der Waals surface area contributed by atoms with E-state index in [1.807, 2.05) is 12.1 Å². The first-order chi connectivity index (χ1) is 11.4. The van der Waals surface area contributed by atoms with Crippen LogP contribution in [0.4, 0.5) is 4.79 Å². The number of hydrogen-bond donors (Lipinski definition) is 3. The maximum atomic E-state index is 12.2. The summed E-state index contributed by atoms with van der Waals surface area (Å²) < 4.78 is 0. The molecule has 0 atom stereocenters. The molecule has 0 bridgehead atoms. The average molecular weight is 351 g/mol. The van der Waals surface area contributed by atoms with Gasteiger partial charge in [0.15, 0.2) is 0 Å². The largest absolute Gasteiger partial charge is 0.465 e. The van der Waals surface area contributed by atoms with Crippen LogP contribution in [-0.2, 0) is 11.3 Å². The van der Waals surface area contributed by atoms with Crippen LogP contribution in [0.5, 0.6) is 0 Å². The number of thioether (sulfide) groups is 1. The third kappa shape index (κ3) is 5.40. The zero-order chi connectivity index (χ0) is 17.6. The van der Waals surface area contributed by atoms with Gasteiger partial charge in [0.2, 0.25) is 5.91 Å². The zero-order valence-corrected chi connectivity index (χ0v) is 15.0. The minimum atomic E-state index is -1.22. The third-order valence-corrected chi connectivity index (χ3v) is 5.52. The summed E-state index contributed by atoms with van der Waals surface area (Å²) in [6.07, 6.45) is 5.74. The van der Waals surface area contributed by atoms with Gasteiger partial charge in [-0.3, -0.25) is 9.78 Å². The Morgan fingerprint density at radius 2 is 2.08 bits per heavy atom. The molecule has 0 aromatic carbocycles. The van der Waals surface area contributed by atoms with E-state index in [-0.39, 0.29) is 12.5 Å². The minimum Gasteiger partial charge on any atom is -0.465 e. The lowest BCUT2D eigenvalue weighted by molar-refractivity contribution is -0.126. The van der Waals surface area contributed by atoms with Crippen LogP contribution in [-0.4, -0.2) is 33.4 Å². The molecule has 1 aliphatic carbocycles. The first-order valence-corrected chi connectivity index (χ1v) is 9.23. The Kier molecular flexibility index (Phi) is 6.48. The van der Waals surface area contributed by atoms with E-state index in [0.29, 0.717) is 0 Å². The minimum absolute atomic E-state index is 0.289. The summed E-state index contributed by atoms with van der Waals surface area (Å²) in [5, 5.41) is 13.8. The van der Waals surface area contributed by atoms with Crippen molar-refractivity contribution in [2.24, 2.45) is 5.92 Å². The smallest absolute Gasteiger partial charge is 0.405 e. The predicted octanol–water partition coefficient (Wildman–Crippen LogP) is 3.03. The molecule has 0 saturated heterocycles. The molecule has 6 nitrogen and oxygen atoms in total. The molecule has 1 aromatic heterocycles. The van der Waals surface area contributed by atoms with Crippen molar-refractivity contribution in [2.75, 3.05) is 5.75 Å². The fraction of sp³-hybridized carbons (Fsp3) is 0.588. The summed E-state index contributed by atoms with van der Waals surface area (Å²) in [5.41, 5.74) is -0.363. The molecule has 0 unspecified atom stereocenters. The number of nitrogens with one attached hydrogen (secondary N) is 2. The molecular weight excluding hydrogens is 326 g/mol. The Hall–Kier alpha value is -1.76. The number of carbonyl (C=O) groups is 2. The van der Waals surface area contributed by atoms with Gasteiger partial charge in [-0.15, -0.1) is 11.8 Å². The van der Waals surface area contributed by atoms with Crippen molar-refractivity contribution in [1.82, 2.24) is 15.6 Å². The molecular formula is C17H25N3O3S. The van der Waals surface area contributed by atoms with Gasteiger partial charge in [0.25, 0.3) is 0 Å². The number of carbonyl (C=O) groups excluding carboxylic acids is 1. The number of aromatic nitrogens is 1. The van der Waals surface area contributed by atoms with Crippen LogP contribution in [0.15, 0.2) is 23.2 Å². The van der Waals surface area contributed by atoms with E-state index in [2.05, 4.69) is 15.6 Å². The normalized spacial score (nSPS) is 15.2. The van der Waals surface area contributed by atoms with Crippen molar-refractivity contribution < 1.29 is 14.7 Å². The van der Waals surface area contributed by atoms with Crippen LogP contribution >= 0.6 is 11.8 Å². The first-order valence-electron chi connectivity index (χ1n) is 8.24. The number of pyridine rings is 1. The van der Waals surface area contributed by atoms with Gasteiger partial charge in [0.1, 0.15) is 5.54 Å². The lowest BCUT2D eigenvalue weighted by atomic mass is 10.1. The topological polar surface area (TPSA) is 91.3 Å². The highest BCUT2D eigenvalue weighted by atomic mass is 32.2. The first kappa shape index (κ1) is 18.6. The Morgan fingerprint density at radius 1 is 1.38 bits per heavy atom. The molecule has 1 heterocycles. The molecule has 24 heavy (non-hydrogen) atoms. The Balaban J connectivity index is 1.92. The molecule has 1 aliphatic rings. The van der Waals surface area contributed by atoms with Crippen LogP contribution in [0.2, 0.25) is 0 Å². The monoisotopic (exact) mass is 351 g/mol. The second-order valence-electron chi connectivity index (χ2n) is 6.65. The standard InChI is InChI=1S/C17H25N3O3S/c1-17(2,20-16(22)23)15(21)19-10-13-14(8-5-9-18-13)24-11-12-6-3-4-7-12/h5,8-9,12,20H,3-4,6-7,10-11H2,1-2H3,(H,19,21)(H,22,23). The van der Waals surface area contributed by atoms with Gasteiger partial charge in [-0.2, -0.15) is 0 Å². The van der Waals surface area contributed by atoms with Gasteiger partial charge >= 0.3 is 6.09 Å². The van der Waals surface area contributed by atoms with E-state index < -0.39 is 11.6 Å². The Labute approximate surface area is 146 Å². The lowest BCUT2D eigenvalue weighted by Gasteiger charge is -2.23. The quantitative estimate of drug-likeness (QED) is 0.657. The number of hydrogen-bond acceptors (Lipinski definition) is 4. The summed E-state index contributed by atoms with van der Waals surface area (Å²) >= 11 is 1.79. The third-order valence-electron chi connectivity index (χ3n) is 4.20. The molecule has 2 rings (SSSR count). The SMILES string of the molecule is CC(C)(NC(=O)O)C(=O)NCc1ncccc1SCC1CCCC1. The van der Waals surface area contributed by atoms with Crippen LogP contribution in [0.25, 0.3) is 0 Å². The fourth-order valence-corrected chi connectivity index (χ4v) is 4.00. The van der Waals surface area contributed by atoms with Gasteiger partial charge in [0.05, 0.1) is 12.2 Å². The predicted molar refractivity (Wildman–Crippen MR) is 94.0 cm³/mol. The highest BCUT2D eigenvalue weighted by Crippen LogP contribution is 2.31. The van der Waals surface area contributed by atoms with Crippen molar-refractivity contribution in [3.8, 4) is 0 Å². The average Bonchev–Trinajstić information content (AvgIpc) is 3.03. The molecule has 132 valence electrons. The van der Waals surface area contributed by atoms with E-state index >= 15 is 0 Å². The van der Waals surface area contributed by atoms with Crippen LogP contribution in [0.1, 0.15) is 45.2 Å². The Bertz CT molecular complexity index is 586. The van der Waals surface area contributed by atoms with Gasteiger partial charge in [-0.1, -0.05) is 12.8 Å². The van der Waals surface area contributed by atoms with E-state index in [0.717, 1.165) is 22.3 Å². The fourth-order valence-electron chi connectivity index (χ4n) is 2.78. The molecule has 2 amide bonds. The number of rotatable bonds is 7. The molecule has 1 fully saturated rings. The molecule has 0 aliphatic heterocycles. The molecule has 0 radical (unpaired) electrons. The van der Waals surface area contributed by atoms with Gasteiger partial charge < -0.3 is 15.7 Å². The van der Waals surface area contributed by atoms with E-state index in [9.17, 15) is 9.59 Å². The van der Waals surface area contributed by atoms with E-state index in [1.165, 1.54) is 39.5 Å². The maximum absolute atomic E-state index is 12.2. The van der Waals surface area contributed by atoms with Crippen LogP contribution in [0.3, 0.4) is 0 Å². The van der Waals surface area contributed by atoms with Gasteiger partial charge in [-0.05, 0) is 44.7 Å². The molecule has 1 aromatic rings. The van der Waals surface area contributed by atoms with Crippen molar-refractivity contribution >= 4 is 23.8 Å². The van der Waals surface area contributed by atoms with Crippen molar-refractivity contribution in [3.05, 3.63) is 24.0 Å². The molecule has 1 saturated carbocycles. The number of amides is 2. The van der Waals surface area contributed by atoms with E-state index in [1.54, 1.807) is 18.0 Å². The van der Waals surface area contributed by atoms with Crippen LogP contribution < -0.4 is 10.6 Å². The Morgan fingerprint density at radius 3 is 2.75 bits per heavy atom. The zero-order valence-electron chi connectivity index (χ0n) is 14.2. The molecule has 7 heteroatoms. The second-order valence-corrected chi connectivity index (χ2v) is 7.71. The maximum Gasteiger partial charge on any atom is 0.405 e. The van der Waals surface area contributed by atoms with Gasteiger partial charge in [-0.25, -0.2) is 4.79 Å². The highest BCUT2D eigenvalue weighted by Gasteiger charge is 2.29. The summed E-state index contributed by atoms with van der Waals surface area (Å²) in [6, 6.07) is 3.92. The number of carboxylic acid groups (broad SMARTS) is 1. The summed E-state index contributed by atoms with van der Waals surface area (Å²) in [6.45, 7) is 3.35. The van der Waals surface area contributed by atoms with Crippen molar-refractivity contribution in [2.45, 2.75) is 56.5 Å². The molecule has 0 spiro atoms.